The average Bonchev–Trinajstić information content (AvgIpc) is 3.48. The molecule has 0 aliphatic heterocycles. The highest BCUT2D eigenvalue weighted by molar-refractivity contribution is 5.71. The number of carbonyl (C=O) groups is 3. The molecule has 0 radical (unpaired) electrons. The first-order chi connectivity index (χ1) is 41.0. The third-order valence-electron chi connectivity index (χ3n) is 15.6. The quantitative estimate of drug-likeness (QED) is 0.0261. The largest absolute Gasteiger partial charge is 0.462 e. The van der Waals surface area contributed by atoms with Crippen LogP contribution in [-0.2, 0) is 28.6 Å². The van der Waals surface area contributed by atoms with Crippen molar-refractivity contribution in [3.63, 3.8) is 0 Å². The number of ether oxygens (including phenoxy) is 3. The van der Waals surface area contributed by atoms with Gasteiger partial charge < -0.3 is 14.2 Å². The molecule has 0 amide bonds. The second-order valence-corrected chi connectivity index (χ2v) is 23.7. The Kier molecular flexibility index (Phi) is 67.7. The van der Waals surface area contributed by atoms with E-state index < -0.39 is 6.10 Å². The van der Waals surface area contributed by atoms with Crippen LogP contribution in [0.15, 0.2) is 97.2 Å². The van der Waals surface area contributed by atoms with Crippen molar-refractivity contribution in [1.82, 2.24) is 0 Å². The number of unbranched alkanes of at least 4 members (excludes halogenated alkanes) is 38. The molecule has 0 aromatic heterocycles. The summed E-state index contributed by atoms with van der Waals surface area (Å²) in [7, 11) is 0. The molecule has 0 bridgehead atoms. The lowest BCUT2D eigenvalue weighted by atomic mass is 10.0. The van der Waals surface area contributed by atoms with E-state index in [9.17, 15) is 14.4 Å². The van der Waals surface area contributed by atoms with Crippen molar-refractivity contribution in [2.45, 2.75) is 361 Å². The minimum atomic E-state index is -0.777. The highest BCUT2D eigenvalue weighted by Crippen LogP contribution is 2.18. The molecule has 83 heavy (non-hydrogen) atoms. The van der Waals surface area contributed by atoms with Crippen molar-refractivity contribution in [2.24, 2.45) is 0 Å². The zero-order valence-corrected chi connectivity index (χ0v) is 54.9. The lowest BCUT2D eigenvalue weighted by Crippen LogP contribution is -2.30. The number of esters is 3. The average molecular weight is 1160 g/mol. The van der Waals surface area contributed by atoms with Crippen molar-refractivity contribution in [2.75, 3.05) is 13.2 Å². The maximum Gasteiger partial charge on any atom is 0.306 e. The third-order valence-corrected chi connectivity index (χ3v) is 15.6. The Morgan fingerprint density at radius 1 is 0.253 bits per heavy atom. The molecule has 1 unspecified atom stereocenters. The Bertz CT molecular complexity index is 1610. The van der Waals surface area contributed by atoms with Gasteiger partial charge in [0.2, 0.25) is 0 Å². The highest BCUT2D eigenvalue weighted by atomic mass is 16.6. The molecule has 0 spiro atoms. The van der Waals surface area contributed by atoms with Gasteiger partial charge >= 0.3 is 17.9 Å². The van der Waals surface area contributed by atoms with E-state index in [1.165, 1.54) is 205 Å². The summed E-state index contributed by atoms with van der Waals surface area (Å²) >= 11 is 0. The van der Waals surface area contributed by atoms with Crippen LogP contribution in [-0.4, -0.2) is 37.2 Å². The minimum Gasteiger partial charge on any atom is -0.462 e. The topological polar surface area (TPSA) is 78.9 Å². The van der Waals surface area contributed by atoms with Gasteiger partial charge in [0.1, 0.15) is 13.2 Å². The molecule has 0 N–H and O–H groups in total. The summed E-state index contributed by atoms with van der Waals surface area (Å²) in [6.45, 7) is 6.45. The van der Waals surface area contributed by atoms with E-state index in [0.717, 1.165) is 109 Å². The first-order valence-electron chi connectivity index (χ1n) is 35.7. The van der Waals surface area contributed by atoms with E-state index in [1.54, 1.807) is 0 Å². The monoisotopic (exact) mass is 1160 g/mol. The highest BCUT2D eigenvalue weighted by Gasteiger charge is 2.19. The van der Waals surface area contributed by atoms with Crippen LogP contribution < -0.4 is 0 Å². The van der Waals surface area contributed by atoms with Gasteiger partial charge in [-0.15, -0.1) is 0 Å². The number of carbonyl (C=O) groups excluding carboxylic acids is 3. The van der Waals surface area contributed by atoms with Gasteiger partial charge in [0.05, 0.1) is 0 Å². The molecule has 6 nitrogen and oxygen atoms in total. The molecule has 0 heterocycles. The second kappa shape index (κ2) is 70.8. The van der Waals surface area contributed by atoms with Crippen molar-refractivity contribution in [3.05, 3.63) is 97.2 Å². The lowest BCUT2D eigenvalue weighted by Gasteiger charge is -2.18. The summed E-state index contributed by atoms with van der Waals surface area (Å²) in [5, 5.41) is 0. The fourth-order valence-corrected chi connectivity index (χ4v) is 10.3. The van der Waals surface area contributed by atoms with Gasteiger partial charge in [-0.2, -0.15) is 0 Å². The zero-order valence-electron chi connectivity index (χ0n) is 54.9. The van der Waals surface area contributed by atoms with Crippen LogP contribution in [0, 0.1) is 0 Å². The molecule has 0 aromatic rings. The molecule has 0 rings (SSSR count). The number of hydrogen-bond acceptors (Lipinski definition) is 6. The molecule has 6 heteroatoms. The Balaban J connectivity index is 4.19. The van der Waals surface area contributed by atoms with Crippen LogP contribution in [0.5, 0.6) is 0 Å². The van der Waals surface area contributed by atoms with Gasteiger partial charge in [-0.05, 0) is 96.3 Å². The molecule has 0 aliphatic carbocycles. The van der Waals surface area contributed by atoms with Crippen molar-refractivity contribution in [3.8, 4) is 0 Å². The predicted molar refractivity (Wildman–Crippen MR) is 362 cm³/mol. The van der Waals surface area contributed by atoms with Gasteiger partial charge in [0.15, 0.2) is 6.10 Å². The van der Waals surface area contributed by atoms with E-state index in [-0.39, 0.29) is 31.1 Å². The van der Waals surface area contributed by atoms with Gasteiger partial charge in [-0.25, -0.2) is 0 Å². The first kappa shape index (κ1) is 79.3. The van der Waals surface area contributed by atoms with Gasteiger partial charge in [0, 0.05) is 19.3 Å². The van der Waals surface area contributed by atoms with E-state index in [0.29, 0.717) is 19.3 Å². The SMILES string of the molecule is CC/C=C\C/C=C\C/C=C\C/C=C\CCCCCCCCCCCCCCCCCCC(=O)OCC(COC(=O)CCCCCCCCCCCCC)OC(=O)CCCCCCCCCCCCCC/C=C\C/C=C\C/C=C\C/C=C\CC. The van der Waals surface area contributed by atoms with Gasteiger partial charge in [0.25, 0.3) is 0 Å². The molecular formula is C77H134O6. The van der Waals surface area contributed by atoms with Crippen molar-refractivity contribution >= 4 is 17.9 Å². The van der Waals surface area contributed by atoms with Crippen LogP contribution >= 0.6 is 0 Å². The molecular weight excluding hydrogens is 1020 g/mol. The molecule has 0 saturated heterocycles. The summed E-state index contributed by atoms with van der Waals surface area (Å²) in [6, 6.07) is 0. The Labute approximate surface area is 515 Å². The van der Waals surface area contributed by atoms with E-state index in [4.69, 9.17) is 14.2 Å². The fraction of sp³-hybridized carbons (Fsp3) is 0.753. The summed E-state index contributed by atoms with van der Waals surface area (Å²) in [5.74, 6) is -0.857. The molecule has 478 valence electrons. The van der Waals surface area contributed by atoms with Crippen molar-refractivity contribution in [1.29, 1.82) is 0 Å². The summed E-state index contributed by atoms with van der Waals surface area (Å²) in [5.41, 5.74) is 0. The first-order valence-corrected chi connectivity index (χ1v) is 35.7. The van der Waals surface area contributed by atoms with E-state index in [1.807, 2.05) is 0 Å². The predicted octanol–water partition coefficient (Wildman–Crippen LogP) is 24.8. The molecule has 0 saturated carbocycles. The number of rotatable bonds is 65. The number of hydrogen-bond donors (Lipinski definition) is 0. The lowest BCUT2D eigenvalue weighted by molar-refractivity contribution is -0.167. The summed E-state index contributed by atoms with van der Waals surface area (Å²) in [4.78, 5) is 38.4. The molecule has 1 atom stereocenters. The molecule has 0 aliphatic rings. The third kappa shape index (κ3) is 69.0. The van der Waals surface area contributed by atoms with E-state index in [2.05, 4.69) is 118 Å². The number of allylic oxidation sites excluding steroid dienone is 16. The van der Waals surface area contributed by atoms with Crippen LogP contribution in [0.4, 0.5) is 0 Å². The maximum atomic E-state index is 13.0. The Hall–Kier alpha value is -3.67. The van der Waals surface area contributed by atoms with Crippen LogP contribution in [0.25, 0.3) is 0 Å². The summed E-state index contributed by atoms with van der Waals surface area (Å²) in [6.07, 6.45) is 95.9. The van der Waals surface area contributed by atoms with Gasteiger partial charge in [-0.3, -0.25) is 14.4 Å². The Morgan fingerprint density at radius 2 is 0.470 bits per heavy atom. The normalized spacial score (nSPS) is 12.7. The zero-order chi connectivity index (χ0) is 59.9. The van der Waals surface area contributed by atoms with Crippen LogP contribution in [0.1, 0.15) is 355 Å². The minimum absolute atomic E-state index is 0.0729. The van der Waals surface area contributed by atoms with Crippen molar-refractivity contribution < 1.29 is 28.6 Å². The Morgan fingerprint density at radius 3 is 0.735 bits per heavy atom. The standard InChI is InChI=1S/C77H134O6/c1-4-7-10-13-16-19-22-24-26-28-30-32-34-36-37-38-39-41-42-44-46-48-50-52-55-58-61-64-67-70-76(79)82-73-74(72-81-75(78)69-66-63-60-57-54-21-18-15-12-9-6-3)83-77(80)71-68-65-62-59-56-53-51-49-47-45-43-40-35-33-31-29-27-25-23-20-17-14-11-8-5-2/h7-8,10-11,16-17,19-20,24-27,30-33,74H,4-6,9,12-15,18,21-23,28-29,34-73H2,1-3H3/b10-7-,11-8-,19-16-,20-17-,26-24-,27-25-,32-30-,33-31-. The molecule has 0 fully saturated rings. The second-order valence-electron chi connectivity index (χ2n) is 23.7. The molecule has 0 aromatic carbocycles. The van der Waals surface area contributed by atoms with Crippen LogP contribution in [0.3, 0.4) is 0 Å². The van der Waals surface area contributed by atoms with Crippen LogP contribution in [0.2, 0.25) is 0 Å². The van der Waals surface area contributed by atoms with Gasteiger partial charge in [-0.1, -0.05) is 336 Å². The van der Waals surface area contributed by atoms with E-state index >= 15 is 0 Å². The smallest absolute Gasteiger partial charge is 0.306 e. The summed E-state index contributed by atoms with van der Waals surface area (Å²) < 4.78 is 17.0. The maximum absolute atomic E-state index is 13.0. The fourth-order valence-electron chi connectivity index (χ4n) is 10.3.